The number of rotatable bonds is 33. The molecule has 3 amide bonds. The van der Waals surface area contributed by atoms with Crippen LogP contribution in [-0.2, 0) is 25.7 Å². The Hall–Kier alpha value is -2.57. The lowest BCUT2D eigenvalue weighted by Crippen LogP contribution is -2.71. The molecule has 5 N–H and O–H groups in total. The van der Waals surface area contributed by atoms with E-state index < -0.39 is 55.2 Å². The van der Waals surface area contributed by atoms with Crippen molar-refractivity contribution < 1.29 is 39.2 Å². The number of amides is 3. The minimum atomic E-state index is -1.75. The molecule has 0 saturated carbocycles. The molecule has 0 aliphatic carbocycles. The second kappa shape index (κ2) is 32.2. The number of unbranched alkanes of at least 4 members (excludes halogenated alkanes) is 23. The van der Waals surface area contributed by atoms with Crippen LogP contribution in [0.3, 0.4) is 0 Å². The lowest BCUT2D eigenvalue weighted by atomic mass is 9.93. The van der Waals surface area contributed by atoms with Crippen molar-refractivity contribution in [3.63, 3.8) is 0 Å². The molecule has 0 radical (unpaired) electrons. The van der Waals surface area contributed by atoms with Gasteiger partial charge in [-0.1, -0.05) is 192 Å². The molecule has 0 unspecified atom stereocenters. The van der Waals surface area contributed by atoms with Gasteiger partial charge in [0.05, 0.1) is 12.6 Å². The third-order valence-electron chi connectivity index (χ3n) is 11.6. The van der Waals surface area contributed by atoms with Crippen molar-refractivity contribution in [3.05, 3.63) is 35.9 Å². The molecule has 1 aliphatic heterocycles. The number of hydrogen-bond donors (Lipinski definition) is 4. The van der Waals surface area contributed by atoms with Gasteiger partial charge < -0.3 is 35.4 Å². The predicted octanol–water partition coefficient (Wildman–Crippen LogP) is 9.32. The quantitative estimate of drug-likeness (QED) is 0.0507. The monoisotopic (exact) mass is 818 g/mol. The Labute approximate surface area is 351 Å². The Morgan fingerprint density at radius 3 is 1.59 bits per heavy atom. The number of ether oxygens (including phenoxy) is 2. The molecule has 1 heterocycles. The fraction of sp³-hybridized carbons (Fsp3) is 0.809. The summed E-state index contributed by atoms with van der Waals surface area (Å²) in [6.45, 7) is 5.36. The number of aliphatic hydroxyl groups excluding tert-OH is 3. The van der Waals surface area contributed by atoms with Crippen molar-refractivity contribution in [1.82, 2.24) is 9.80 Å². The van der Waals surface area contributed by atoms with E-state index in [0.717, 1.165) is 38.5 Å². The summed E-state index contributed by atoms with van der Waals surface area (Å²) < 4.78 is 11.8. The molecule has 1 aromatic rings. The molecule has 58 heavy (non-hydrogen) atoms. The van der Waals surface area contributed by atoms with Crippen molar-refractivity contribution >= 4 is 17.9 Å². The lowest BCUT2D eigenvalue weighted by Gasteiger charge is -2.49. The first-order chi connectivity index (χ1) is 28.2. The Balaban J connectivity index is 2.12. The largest absolute Gasteiger partial charge is 0.444 e. The van der Waals surface area contributed by atoms with Crippen LogP contribution in [0.15, 0.2) is 30.3 Å². The summed E-state index contributed by atoms with van der Waals surface area (Å²) in [5, 5.41) is 32.9. The van der Waals surface area contributed by atoms with Crippen molar-refractivity contribution in [2.45, 2.75) is 231 Å². The molecule has 0 spiro atoms. The van der Waals surface area contributed by atoms with Gasteiger partial charge in [-0.2, -0.15) is 0 Å². The number of hydrogen-bond acceptors (Lipinski definition) is 9. The first-order valence-electron chi connectivity index (χ1n) is 23.4. The van der Waals surface area contributed by atoms with E-state index in [1.807, 2.05) is 6.07 Å². The highest BCUT2D eigenvalue weighted by Gasteiger charge is 2.53. The molecular formula is C47H83N3O8. The highest BCUT2D eigenvalue weighted by molar-refractivity contribution is 5.95. The molecule has 11 heteroatoms. The summed E-state index contributed by atoms with van der Waals surface area (Å²) in [6, 6.07) is 6.26. The van der Waals surface area contributed by atoms with Gasteiger partial charge in [-0.25, -0.2) is 9.69 Å². The molecule has 334 valence electrons. The van der Waals surface area contributed by atoms with Crippen molar-refractivity contribution in [2.24, 2.45) is 5.73 Å². The zero-order valence-corrected chi connectivity index (χ0v) is 36.7. The van der Waals surface area contributed by atoms with E-state index in [0.29, 0.717) is 23.3 Å². The molecule has 2 rings (SSSR count). The number of carbonyl (C=O) groups is 3. The number of nitrogens with two attached hydrogens (primary N) is 1. The van der Waals surface area contributed by atoms with Gasteiger partial charge in [-0.3, -0.25) is 9.59 Å². The number of benzene rings is 1. The molecule has 6 atom stereocenters. The van der Waals surface area contributed by atoms with E-state index in [9.17, 15) is 29.7 Å². The number of nitrogens with zero attached hydrogens (tertiary/aromatic N) is 2. The van der Waals surface area contributed by atoms with Gasteiger partial charge >= 0.3 is 6.09 Å². The Kier molecular flexibility index (Phi) is 28.7. The average molecular weight is 818 g/mol. The third-order valence-corrected chi connectivity index (χ3v) is 11.6. The molecule has 1 saturated heterocycles. The van der Waals surface area contributed by atoms with Crippen LogP contribution in [-0.4, -0.2) is 92.8 Å². The highest BCUT2D eigenvalue weighted by Crippen LogP contribution is 2.30. The van der Waals surface area contributed by atoms with E-state index in [1.54, 1.807) is 24.3 Å². The normalized spacial score (nSPS) is 19.8. The van der Waals surface area contributed by atoms with Gasteiger partial charge in [0.1, 0.15) is 31.0 Å². The van der Waals surface area contributed by atoms with Gasteiger partial charge in [0.15, 0.2) is 6.23 Å². The Morgan fingerprint density at radius 2 is 1.14 bits per heavy atom. The molecule has 0 aromatic heterocycles. The summed E-state index contributed by atoms with van der Waals surface area (Å²) in [6.07, 6.45) is 22.3. The Morgan fingerprint density at radius 1 is 0.690 bits per heavy atom. The minimum Gasteiger partial charge on any atom is -0.444 e. The average Bonchev–Trinajstić information content (AvgIpc) is 3.22. The maximum atomic E-state index is 14.2. The van der Waals surface area contributed by atoms with Crippen molar-refractivity contribution in [2.75, 3.05) is 13.2 Å². The second-order valence-corrected chi connectivity index (χ2v) is 16.7. The summed E-state index contributed by atoms with van der Waals surface area (Å²) in [5.74, 6) is -1.08. The highest BCUT2D eigenvalue weighted by atomic mass is 16.6. The van der Waals surface area contributed by atoms with E-state index in [2.05, 4.69) is 13.8 Å². The summed E-state index contributed by atoms with van der Waals surface area (Å²) in [4.78, 5) is 43.9. The standard InChI is InChI=1S/C47H83N3O8/c1-4-6-8-10-12-14-16-17-18-19-20-21-23-25-30-34-41(52)49(35-31-26-24-22-15-13-11-9-7-5-2)46-42(44(54)43(53)40(36-51)58-46)50(45(55)38(3)48)47(56)57-37-39-32-28-27-29-33-39/h27-29,32-33,38,40,42-44,46,51,53-54H,4-26,30-31,34-37,48H2,1-3H3/t38-,40+,42+,43+,44+,46+/m0/s1. The molecule has 0 bridgehead atoms. The van der Waals surface area contributed by atoms with E-state index in [-0.39, 0.29) is 25.5 Å². The number of imide groups is 1. The van der Waals surface area contributed by atoms with E-state index in [1.165, 1.54) is 121 Å². The summed E-state index contributed by atoms with van der Waals surface area (Å²) >= 11 is 0. The maximum absolute atomic E-state index is 14.2. The van der Waals surface area contributed by atoms with Crippen LogP contribution in [0, 0.1) is 0 Å². The smallest absolute Gasteiger partial charge is 0.417 e. The zero-order chi connectivity index (χ0) is 42.4. The third kappa shape index (κ3) is 20.1. The zero-order valence-electron chi connectivity index (χ0n) is 36.7. The molecular weight excluding hydrogens is 735 g/mol. The van der Waals surface area contributed by atoms with Crippen LogP contribution in [0.5, 0.6) is 0 Å². The second-order valence-electron chi connectivity index (χ2n) is 16.7. The van der Waals surface area contributed by atoms with Crippen molar-refractivity contribution in [1.29, 1.82) is 0 Å². The van der Waals surface area contributed by atoms with Crippen LogP contribution in [0.2, 0.25) is 0 Å². The molecule has 1 aliphatic rings. The van der Waals surface area contributed by atoms with Crippen LogP contribution in [0.4, 0.5) is 4.79 Å². The predicted molar refractivity (Wildman–Crippen MR) is 232 cm³/mol. The Bertz CT molecular complexity index is 1200. The fourth-order valence-electron chi connectivity index (χ4n) is 7.94. The first-order valence-corrected chi connectivity index (χ1v) is 23.4. The fourth-order valence-corrected chi connectivity index (χ4v) is 7.94. The van der Waals surface area contributed by atoms with Crippen LogP contribution in [0.1, 0.15) is 193 Å². The maximum Gasteiger partial charge on any atom is 0.417 e. The topological polar surface area (TPSA) is 163 Å². The van der Waals surface area contributed by atoms with Crippen molar-refractivity contribution in [3.8, 4) is 0 Å². The van der Waals surface area contributed by atoms with Crippen LogP contribution < -0.4 is 5.73 Å². The summed E-state index contributed by atoms with van der Waals surface area (Å²) in [7, 11) is 0. The summed E-state index contributed by atoms with van der Waals surface area (Å²) in [5.41, 5.74) is 6.72. The number of carbonyl (C=O) groups excluding carboxylic acids is 3. The lowest BCUT2D eigenvalue weighted by molar-refractivity contribution is -0.244. The van der Waals surface area contributed by atoms with Crippen LogP contribution >= 0.6 is 0 Å². The van der Waals surface area contributed by atoms with Gasteiger partial charge in [-0.15, -0.1) is 0 Å². The van der Waals surface area contributed by atoms with E-state index in [4.69, 9.17) is 15.2 Å². The SMILES string of the molecule is CCCCCCCCCCCCCCCCCC(=O)N(CCCCCCCCCCCC)[C@@H]1O[C@H](CO)[C@@H](O)[C@H](O)[C@H]1N(C(=O)OCc1ccccc1)C(=O)[C@H](C)N. The first kappa shape index (κ1) is 51.6. The molecule has 11 nitrogen and oxygen atoms in total. The van der Waals surface area contributed by atoms with Gasteiger partial charge in [0, 0.05) is 13.0 Å². The number of aliphatic hydroxyl groups is 3. The minimum absolute atomic E-state index is 0.154. The van der Waals surface area contributed by atoms with Crippen LogP contribution in [0.25, 0.3) is 0 Å². The molecule has 1 fully saturated rings. The molecule has 1 aromatic carbocycles. The van der Waals surface area contributed by atoms with Gasteiger partial charge in [-0.05, 0) is 25.3 Å². The van der Waals surface area contributed by atoms with Gasteiger partial charge in [0.2, 0.25) is 11.8 Å². The van der Waals surface area contributed by atoms with E-state index >= 15 is 0 Å². The van der Waals surface area contributed by atoms with Gasteiger partial charge in [0.25, 0.3) is 0 Å².